The number of nitrogens with zero attached hydrogens (tertiary/aromatic N) is 1. The van der Waals surface area contributed by atoms with Gasteiger partial charge in [-0.05, 0) is 20.9 Å². The quantitative estimate of drug-likeness (QED) is 0.703. The molecule has 84 valence electrons. The maximum absolute atomic E-state index is 5.84. The van der Waals surface area contributed by atoms with Crippen LogP contribution in [0.1, 0.15) is 13.8 Å². The summed E-state index contributed by atoms with van der Waals surface area (Å²) in [6.45, 7) is 7.56. The Morgan fingerprint density at radius 2 is 1.79 bits per heavy atom. The summed E-state index contributed by atoms with van der Waals surface area (Å²) in [5, 5.41) is 0. The van der Waals surface area contributed by atoms with Gasteiger partial charge in [-0.25, -0.2) is 0 Å². The standard InChI is InChI=1S/C10H22N2O2/c1-9(2)12(3)10(6-11)7-13-4-5-14-8-10/h9H,4-8,11H2,1-3H3. The fraction of sp³-hybridized carbons (Fsp3) is 1.00. The predicted octanol–water partition coefficient (Wildman–Crippen LogP) is 0.0709. The van der Waals surface area contributed by atoms with Crippen LogP contribution in [0.4, 0.5) is 0 Å². The van der Waals surface area contributed by atoms with Crippen molar-refractivity contribution in [3.05, 3.63) is 0 Å². The van der Waals surface area contributed by atoms with Crippen molar-refractivity contribution in [1.29, 1.82) is 0 Å². The van der Waals surface area contributed by atoms with Gasteiger partial charge in [-0.1, -0.05) is 0 Å². The van der Waals surface area contributed by atoms with Gasteiger partial charge in [-0.3, -0.25) is 4.90 Å². The van der Waals surface area contributed by atoms with Crippen molar-refractivity contribution < 1.29 is 9.47 Å². The zero-order valence-electron chi connectivity index (χ0n) is 9.45. The lowest BCUT2D eigenvalue weighted by molar-refractivity contribution is -0.00921. The van der Waals surface area contributed by atoms with Crippen molar-refractivity contribution >= 4 is 0 Å². The minimum Gasteiger partial charge on any atom is -0.377 e. The van der Waals surface area contributed by atoms with Crippen LogP contribution >= 0.6 is 0 Å². The van der Waals surface area contributed by atoms with Crippen LogP contribution in [0.25, 0.3) is 0 Å². The van der Waals surface area contributed by atoms with Gasteiger partial charge < -0.3 is 15.2 Å². The van der Waals surface area contributed by atoms with Crippen molar-refractivity contribution in [2.24, 2.45) is 5.73 Å². The van der Waals surface area contributed by atoms with Gasteiger partial charge in [0.25, 0.3) is 0 Å². The van der Waals surface area contributed by atoms with E-state index in [-0.39, 0.29) is 5.54 Å². The molecule has 1 saturated heterocycles. The van der Waals surface area contributed by atoms with Crippen LogP contribution in [0.15, 0.2) is 0 Å². The molecule has 0 aromatic carbocycles. The molecule has 1 aliphatic rings. The lowest BCUT2D eigenvalue weighted by Gasteiger charge is -2.41. The zero-order valence-corrected chi connectivity index (χ0v) is 9.45. The summed E-state index contributed by atoms with van der Waals surface area (Å²) in [6.07, 6.45) is 0. The molecular formula is C10H22N2O2. The Bertz CT molecular complexity index is 166. The highest BCUT2D eigenvalue weighted by atomic mass is 16.5. The first-order valence-electron chi connectivity index (χ1n) is 5.21. The number of likely N-dealkylation sites (N-methyl/N-ethyl adjacent to an activating group) is 1. The molecule has 1 heterocycles. The zero-order chi connectivity index (χ0) is 10.6. The fourth-order valence-corrected chi connectivity index (χ4v) is 1.70. The normalized spacial score (nSPS) is 22.7. The largest absolute Gasteiger partial charge is 0.377 e. The van der Waals surface area contributed by atoms with Crippen LogP contribution < -0.4 is 5.73 Å². The van der Waals surface area contributed by atoms with E-state index in [1.807, 2.05) is 0 Å². The van der Waals surface area contributed by atoms with Crippen LogP contribution in [0.3, 0.4) is 0 Å². The van der Waals surface area contributed by atoms with Gasteiger partial charge in [0.05, 0.1) is 32.0 Å². The maximum Gasteiger partial charge on any atom is 0.0801 e. The Kier molecular flexibility index (Phi) is 4.31. The van der Waals surface area contributed by atoms with Gasteiger partial charge in [0, 0.05) is 12.6 Å². The Balaban J connectivity index is 2.71. The Morgan fingerprint density at radius 1 is 1.29 bits per heavy atom. The molecule has 0 spiro atoms. The predicted molar refractivity (Wildman–Crippen MR) is 56.3 cm³/mol. The Morgan fingerprint density at radius 3 is 2.14 bits per heavy atom. The van der Waals surface area contributed by atoms with Crippen molar-refractivity contribution in [2.75, 3.05) is 40.0 Å². The summed E-state index contributed by atoms with van der Waals surface area (Å²) in [5.41, 5.74) is 5.70. The summed E-state index contributed by atoms with van der Waals surface area (Å²) >= 11 is 0. The molecule has 14 heavy (non-hydrogen) atoms. The first kappa shape index (κ1) is 11.9. The van der Waals surface area contributed by atoms with Crippen LogP contribution in [0.5, 0.6) is 0 Å². The van der Waals surface area contributed by atoms with E-state index >= 15 is 0 Å². The molecule has 1 fully saturated rings. The first-order valence-corrected chi connectivity index (χ1v) is 5.21. The summed E-state index contributed by atoms with van der Waals surface area (Å²) in [5.74, 6) is 0. The molecule has 2 N–H and O–H groups in total. The van der Waals surface area contributed by atoms with E-state index in [1.54, 1.807) is 0 Å². The monoisotopic (exact) mass is 202 g/mol. The van der Waals surface area contributed by atoms with Crippen molar-refractivity contribution in [2.45, 2.75) is 25.4 Å². The molecule has 0 aromatic rings. The molecule has 1 aliphatic heterocycles. The van der Waals surface area contributed by atoms with Crippen LogP contribution in [0.2, 0.25) is 0 Å². The average molecular weight is 202 g/mol. The maximum atomic E-state index is 5.84. The summed E-state index contributed by atoms with van der Waals surface area (Å²) in [4.78, 5) is 2.25. The molecule has 0 unspecified atom stereocenters. The molecule has 0 aliphatic carbocycles. The lowest BCUT2D eigenvalue weighted by Crippen LogP contribution is -2.60. The van der Waals surface area contributed by atoms with Crippen molar-refractivity contribution in [3.8, 4) is 0 Å². The smallest absolute Gasteiger partial charge is 0.0801 e. The van der Waals surface area contributed by atoms with Gasteiger partial charge in [0.1, 0.15) is 0 Å². The molecule has 0 radical (unpaired) electrons. The van der Waals surface area contributed by atoms with Gasteiger partial charge in [-0.2, -0.15) is 0 Å². The fourth-order valence-electron chi connectivity index (χ4n) is 1.70. The molecular weight excluding hydrogens is 180 g/mol. The minimum atomic E-state index is -0.148. The molecule has 4 nitrogen and oxygen atoms in total. The van der Waals surface area contributed by atoms with Gasteiger partial charge in [0.15, 0.2) is 0 Å². The topological polar surface area (TPSA) is 47.7 Å². The van der Waals surface area contributed by atoms with Gasteiger partial charge in [-0.15, -0.1) is 0 Å². The third-order valence-corrected chi connectivity index (χ3v) is 3.02. The molecule has 0 amide bonds. The first-order chi connectivity index (χ1) is 6.62. The SMILES string of the molecule is CC(C)N(C)C1(CN)COCCOC1. The van der Waals surface area contributed by atoms with Crippen molar-refractivity contribution in [1.82, 2.24) is 4.90 Å². The molecule has 4 heteroatoms. The third-order valence-electron chi connectivity index (χ3n) is 3.02. The highest BCUT2D eigenvalue weighted by Gasteiger charge is 2.36. The Hall–Kier alpha value is -0.160. The second kappa shape index (κ2) is 5.07. The van der Waals surface area contributed by atoms with E-state index in [9.17, 15) is 0 Å². The number of hydrogen-bond donors (Lipinski definition) is 1. The van der Waals surface area contributed by atoms with Gasteiger partial charge >= 0.3 is 0 Å². The summed E-state index contributed by atoms with van der Waals surface area (Å²) < 4.78 is 11.1. The van der Waals surface area contributed by atoms with Crippen LogP contribution in [-0.4, -0.2) is 56.5 Å². The highest BCUT2D eigenvalue weighted by Crippen LogP contribution is 2.18. The third kappa shape index (κ3) is 2.45. The average Bonchev–Trinajstić information content (AvgIpc) is 2.42. The number of nitrogens with two attached hydrogens (primary N) is 1. The second-order valence-corrected chi connectivity index (χ2v) is 4.24. The van der Waals surface area contributed by atoms with E-state index in [0.29, 0.717) is 39.0 Å². The van der Waals surface area contributed by atoms with Gasteiger partial charge in [0.2, 0.25) is 0 Å². The van der Waals surface area contributed by atoms with E-state index < -0.39 is 0 Å². The van der Waals surface area contributed by atoms with E-state index in [4.69, 9.17) is 15.2 Å². The Labute approximate surface area is 86.3 Å². The van der Waals surface area contributed by atoms with Crippen molar-refractivity contribution in [3.63, 3.8) is 0 Å². The van der Waals surface area contributed by atoms with E-state index in [1.165, 1.54) is 0 Å². The van der Waals surface area contributed by atoms with E-state index in [2.05, 4.69) is 25.8 Å². The molecule has 1 rings (SSSR count). The molecule has 0 aromatic heterocycles. The molecule has 0 saturated carbocycles. The summed E-state index contributed by atoms with van der Waals surface area (Å²) in [6, 6.07) is 0.448. The number of rotatable bonds is 3. The number of ether oxygens (including phenoxy) is 2. The lowest BCUT2D eigenvalue weighted by atomic mass is 9.98. The summed E-state index contributed by atoms with van der Waals surface area (Å²) in [7, 11) is 2.08. The molecule has 0 bridgehead atoms. The second-order valence-electron chi connectivity index (χ2n) is 4.24. The highest BCUT2D eigenvalue weighted by molar-refractivity contribution is 4.92. The molecule has 0 atom stereocenters. The van der Waals surface area contributed by atoms with Crippen LogP contribution in [-0.2, 0) is 9.47 Å². The minimum absolute atomic E-state index is 0.148. The van der Waals surface area contributed by atoms with Crippen LogP contribution in [0, 0.1) is 0 Å². The number of hydrogen-bond acceptors (Lipinski definition) is 4. The van der Waals surface area contributed by atoms with E-state index in [0.717, 1.165) is 0 Å².